The number of nitrogens with zero attached hydrogens (tertiary/aromatic N) is 5. The highest BCUT2D eigenvalue weighted by Crippen LogP contribution is 2.54. The van der Waals surface area contributed by atoms with Crippen molar-refractivity contribution in [3.8, 4) is 11.8 Å². The molecule has 1 aromatic rings. The maximum Gasteiger partial charge on any atom is 0.412 e. The van der Waals surface area contributed by atoms with Gasteiger partial charge in [-0.05, 0) is 245 Å². The van der Waals surface area contributed by atoms with E-state index >= 15 is 0 Å². The van der Waals surface area contributed by atoms with E-state index in [-0.39, 0.29) is 111 Å². The number of carbonyl (C=O) groups is 13. The van der Waals surface area contributed by atoms with Gasteiger partial charge in [-0.2, -0.15) is 5.26 Å². The minimum Gasteiger partial charge on any atom is -0.495 e. The molecule has 0 unspecified atom stereocenters. The molecule has 0 spiro atoms. The van der Waals surface area contributed by atoms with Crippen LogP contribution in [-0.2, 0) is 111 Å². The zero-order valence-corrected chi connectivity index (χ0v) is 85.5. The number of methoxy groups -OCH3 is 1. The Kier molecular flexibility index (Phi) is 34.6. The highest BCUT2D eigenvalue weighted by atomic mass is 32.2. The Bertz CT molecular complexity index is 5460. The van der Waals surface area contributed by atoms with Crippen molar-refractivity contribution in [1.82, 2.24) is 55.0 Å². The Labute approximate surface area is 831 Å². The number of hydrogen-bond donors (Lipinski definition) is 10. The van der Waals surface area contributed by atoms with Crippen LogP contribution in [0.1, 0.15) is 233 Å². The van der Waals surface area contributed by atoms with Crippen molar-refractivity contribution in [2.45, 2.75) is 288 Å². The van der Waals surface area contributed by atoms with E-state index in [9.17, 15) is 103 Å². The summed E-state index contributed by atoms with van der Waals surface area (Å²) in [7, 11) is -3.32. The smallest absolute Gasteiger partial charge is 0.412 e. The molecule has 43 heteroatoms. The van der Waals surface area contributed by atoms with Crippen molar-refractivity contribution in [1.29, 1.82) is 5.26 Å². The number of anilines is 1. The maximum absolute atomic E-state index is 13.9. The van der Waals surface area contributed by atoms with Crippen LogP contribution in [0.2, 0.25) is 0 Å². The molecule has 11 aliphatic carbocycles. The molecule has 0 aromatic heterocycles. The van der Waals surface area contributed by atoms with Crippen LogP contribution in [0.5, 0.6) is 5.75 Å². The first-order valence-corrected chi connectivity index (χ1v) is 54.7. The second kappa shape index (κ2) is 44.9. The molecule has 11 fully saturated rings. The second-order valence-corrected chi connectivity index (χ2v) is 48.7. The zero-order valence-electron chi connectivity index (χ0n) is 83.0. The van der Waals surface area contributed by atoms with Gasteiger partial charge >= 0.3 is 12.1 Å². The lowest BCUT2D eigenvalue weighted by molar-refractivity contribution is -0.145. The summed E-state index contributed by atoms with van der Waals surface area (Å²) in [5.41, 5.74) is -4.87. The number of carboxylic acids is 1. The van der Waals surface area contributed by atoms with Crippen molar-refractivity contribution < 1.29 is 126 Å². The number of aliphatic carboxylic acids is 1. The molecule has 16 rings (SSSR count). The van der Waals surface area contributed by atoms with Gasteiger partial charge in [0.15, 0.2) is 0 Å². The van der Waals surface area contributed by atoms with Crippen molar-refractivity contribution in [2.24, 2.45) is 71.0 Å². The predicted octanol–water partition coefficient (Wildman–Crippen LogP) is 6.04. The first kappa shape index (κ1) is 109. The van der Waals surface area contributed by atoms with Gasteiger partial charge in [0.05, 0.1) is 104 Å². The van der Waals surface area contributed by atoms with E-state index in [2.05, 4.69) is 40.8 Å². The molecule has 15 aliphatic rings. The van der Waals surface area contributed by atoms with Crippen LogP contribution in [0.25, 0.3) is 0 Å². The van der Waals surface area contributed by atoms with Gasteiger partial charge in [0.25, 0.3) is 17.7 Å². The molecule has 11 saturated carbocycles. The molecule has 784 valence electrons. The van der Waals surface area contributed by atoms with E-state index in [0.717, 1.165) is 70.6 Å². The summed E-state index contributed by atoms with van der Waals surface area (Å²) >= 11 is 0. The number of benzene rings is 1. The summed E-state index contributed by atoms with van der Waals surface area (Å²) in [6, 6.07) is 6.51. The minimum atomic E-state index is -3.94. The standard InChI is InChI=1S/C31H39N5O8S.C25H39N3O7S.C22H33N3O6S.C21H32N2O6/c1-30(11-12-30)45(41,42)35-28(39)31-17-20(31)8-6-4-5-7-13-36(2)27(38)23-16-21(15-22(23)26(37)34-31)44-29(40)33-24-14-19(18-32)9-10-25(24)43-3;1-4-34-16-35-18-13-19-20(14-18)22(30)28(3)12-8-6-5-7-9-17-15-25(17,26-21(19)29)23(31)27-36(32,33)24(2)10-11-24;1-21(8-9-21)32(30,31)24-20(29)22-13-14(22)7-5-3-4-6-10-25(2)19(28)17-12-15(26)11-16(17)18(27)23-22;1-3-28-13-29-15-10-16-17(11-15)19(25)23(2)9-7-5-4-6-8-14-12-21(14,20(26)27)22-18(16)24/h6,8-10,14,20-23H,4-5,7,11-13,15-17H2,1-3H3,(H,33,40)(H,34,37)(H,35,39);7,9,17-20H,4-6,8,10-16H2,1-3H3,(H,26,29)(H,27,31);5,7,14-17,26H,3-4,6,8-13H2,1-2H3,(H,23,27)(H,24,29);6,8,14-17H,3-5,7,9-13H2,1-2H3,(H,22,24)(H,26,27)/b8-6-;9-7-;7-5-;8-6-/t20-,21-,22-,23-,31-;17-,18-,19-,20-,25-;14-,15-,16-,17-,22-;14-,15-,16-,17-,21-/m1111/s1. The van der Waals surface area contributed by atoms with Crippen molar-refractivity contribution in [3.63, 3.8) is 0 Å². The number of aliphatic hydroxyl groups excluding tert-OH is 1. The molecule has 4 heterocycles. The number of amides is 12. The van der Waals surface area contributed by atoms with E-state index in [1.165, 1.54) is 25.3 Å². The highest BCUT2D eigenvalue weighted by molar-refractivity contribution is 7.92. The third kappa shape index (κ3) is 25.0. The lowest BCUT2D eigenvalue weighted by Crippen LogP contribution is -2.55. The van der Waals surface area contributed by atoms with E-state index in [4.69, 9.17) is 28.4 Å². The highest BCUT2D eigenvalue weighted by Gasteiger charge is 2.68. The first-order chi connectivity index (χ1) is 67.2. The molecular weight excluding hydrogens is 1900 g/mol. The quantitative estimate of drug-likeness (QED) is 0.0381. The average molecular weight is 2040 g/mol. The van der Waals surface area contributed by atoms with Crippen LogP contribution in [0.3, 0.4) is 0 Å². The third-order valence-electron chi connectivity index (χ3n) is 31.7. The molecule has 1 aromatic carbocycles. The number of allylic oxidation sites excluding steroid dienone is 4. The monoisotopic (exact) mass is 2040 g/mol. The fourth-order valence-electron chi connectivity index (χ4n) is 20.8. The molecule has 40 nitrogen and oxygen atoms in total. The van der Waals surface area contributed by atoms with E-state index < -0.39 is 179 Å². The van der Waals surface area contributed by atoms with Crippen LogP contribution in [0.4, 0.5) is 10.5 Å². The Morgan fingerprint density at radius 1 is 0.444 bits per heavy atom. The van der Waals surface area contributed by atoms with Gasteiger partial charge in [0, 0.05) is 91.3 Å². The fourth-order valence-corrected chi connectivity index (χ4v) is 24.7. The van der Waals surface area contributed by atoms with E-state index in [1.54, 1.807) is 68.6 Å². The third-order valence-corrected chi connectivity index (χ3v) is 38.2. The SMILES string of the molecule is CCOCO[C@@H]1C[C@H]2C(=O)N[C@]3(C(=O)NS(=O)(=O)C4(C)CC4)C[C@H]3/C=C\CCCCN(C)C(=O)[C@@H]2C1.CCOCO[C@@H]1C[C@H]2C(=O)N[C@]3(C(=O)O)C[C@H]3/C=C\CCCCN(C)C(=O)[C@@H]2C1.CN1CCCC/C=C\[C@@H]2C[C@@]2(C(=O)NS(=O)(=O)C2(C)CC2)NC(=O)[C@@H]2C[C@@H](O)C[C@H]2C1=O.COc1ccc(C#N)cc1NC(=O)O[C@@H]1C[C@H]2C(=O)N[C@]3(C(=O)NS(=O)(=O)C4(C)CC4)C[C@H]3/C=C\CCCCN(C)C(=O)[C@@H]2C1. The van der Waals surface area contributed by atoms with E-state index in [1.807, 2.05) is 68.5 Å². The number of ether oxygens (including phenoxy) is 6. The normalized spacial score (nSPS) is 34.4. The van der Waals surface area contributed by atoms with Gasteiger partial charge in [-0.3, -0.25) is 72.2 Å². The molecule has 12 amide bonds. The van der Waals surface area contributed by atoms with Crippen molar-refractivity contribution in [2.75, 3.05) is 93.6 Å². The molecular formula is C99H143N13O27S3. The molecule has 142 heavy (non-hydrogen) atoms. The van der Waals surface area contributed by atoms with Crippen molar-refractivity contribution in [3.05, 3.63) is 72.4 Å². The Balaban J connectivity index is 0.000000161. The first-order valence-electron chi connectivity index (χ1n) is 50.2. The summed E-state index contributed by atoms with van der Waals surface area (Å²) in [4.78, 5) is 178. The summed E-state index contributed by atoms with van der Waals surface area (Å²) in [6.45, 7) is 12.1. The lowest BCUT2D eigenvalue weighted by Gasteiger charge is -2.27. The summed E-state index contributed by atoms with van der Waals surface area (Å²) in [5, 5.41) is 43.0. The number of fused-ring (bicyclic) bond motifs is 8. The van der Waals surface area contributed by atoms with Crippen LogP contribution in [0, 0.1) is 82.3 Å². The fraction of sp³-hybridized carbons (Fsp3) is 0.717. The summed E-state index contributed by atoms with van der Waals surface area (Å²) in [6.07, 6.45) is 28.4. The van der Waals surface area contributed by atoms with Gasteiger partial charge in [0.2, 0.25) is 77.3 Å². The van der Waals surface area contributed by atoms with Gasteiger partial charge in [-0.1, -0.05) is 48.6 Å². The number of nitriles is 1. The molecule has 0 saturated heterocycles. The minimum absolute atomic E-state index is 0.0213. The second-order valence-electron chi connectivity index (χ2n) is 42.1. The largest absolute Gasteiger partial charge is 0.495 e. The van der Waals surface area contributed by atoms with Crippen LogP contribution < -0.4 is 45.5 Å². The Morgan fingerprint density at radius 3 is 1.06 bits per heavy atom. The van der Waals surface area contributed by atoms with Crippen molar-refractivity contribution >= 4 is 113 Å². The molecule has 20 atom stereocenters. The van der Waals surface area contributed by atoms with Gasteiger partial charge in [-0.25, -0.2) is 34.8 Å². The number of aliphatic hydroxyl groups is 1. The van der Waals surface area contributed by atoms with Gasteiger partial charge in [0.1, 0.15) is 47.6 Å². The molecule has 10 N–H and O–H groups in total. The maximum atomic E-state index is 13.9. The number of carbonyl (C=O) groups excluding carboxylic acids is 12. The summed E-state index contributed by atoms with van der Waals surface area (Å²) < 4.78 is 113. The van der Waals surface area contributed by atoms with Gasteiger partial charge < -0.3 is 79.5 Å². The topological polar surface area (TPSA) is 553 Å². The zero-order chi connectivity index (χ0) is 103. The van der Waals surface area contributed by atoms with Gasteiger partial charge in [-0.15, -0.1) is 0 Å². The molecule has 4 aliphatic heterocycles. The van der Waals surface area contributed by atoms with E-state index in [0.29, 0.717) is 141 Å². The number of hydrogen-bond acceptors (Lipinski definition) is 27. The Hall–Kier alpha value is -9.97. The lowest BCUT2D eigenvalue weighted by atomic mass is 9.93. The van der Waals surface area contributed by atoms with Crippen LogP contribution in [0.15, 0.2) is 66.8 Å². The Morgan fingerprint density at radius 2 is 0.739 bits per heavy atom. The molecule has 0 bridgehead atoms. The average Bonchev–Trinajstić information content (AvgIpc) is 1.57. The molecule has 0 radical (unpaired) electrons. The number of sulfonamides is 3. The van der Waals surface area contributed by atoms with Crippen LogP contribution in [-0.4, -0.2) is 281 Å². The summed E-state index contributed by atoms with van der Waals surface area (Å²) in [5.74, 6) is -12.1. The number of carboxylic acid groups (broad SMARTS) is 1. The number of nitrogens with one attached hydrogen (secondary N) is 8. The predicted molar refractivity (Wildman–Crippen MR) is 515 cm³/mol. The number of rotatable bonds is 21. The van der Waals surface area contributed by atoms with Crippen LogP contribution >= 0.6 is 0 Å².